The molecule has 1 atom stereocenters. The van der Waals surface area contributed by atoms with Gasteiger partial charge < -0.3 is 5.73 Å². The van der Waals surface area contributed by atoms with Crippen LogP contribution in [0.3, 0.4) is 0 Å². The van der Waals surface area contributed by atoms with Crippen LogP contribution >= 0.6 is 0 Å². The molecule has 1 rings (SSSR count). The average Bonchev–Trinajstić information content (AvgIpc) is 2.29. The highest BCUT2D eigenvalue weighted by molar-refractivity contribution is 5.13. The van der Waals surface area contributed by atoms with Crippen LogP contribution in [-0.2, 0) is 13.5 Å². The number of aryl methyl sites for hydroxylation is 1. The summed E-state index contributed by atoms with van der Waals surface area (Å²) in [5.74, 6) is 0.649. The molecule has 0 spiro atoms. The minimum absolute atomic E-state index is 0.0680. The van der Waals surface area contributed by atoms with E-state index in [4.69, 9.17) is 5.73 Å². The summed E-state index contributed by atoms with van der Waals surface area (Å²) in [7, 11) is 1.95. The van der Waals surface area contributed by atoms with E-state index in [1.807, 2.05) is 18.7 Å². The van der Waals surface area contributed by atoms with E-state index in [1.165, 1.54) is 0 Å². The first-order valence-corrected chi connectivity index (χ1v) is 4.79. The summed E-state index contributed by atoms with van der Waals surface area (Å²) in [6.45, 7) is 6.37. The lowest BCUT2D eigenvalue weighted by Gasteiger charge is -2.03. The quantitative estimate of drug-likeness (QED) is 0.770. The molecule has 0 unspecified atom stereocenters. The van der Waals surface area contributed by atoms with Crippen molar-refractivity contribution in [3.63, 3.8) is 0 Å². The van der Waals surface area contributed by atoms with Crippen molar-refractivity contribution in [2.45, 2.75) is 33.2 Å². The molecule has 74 valence electrons. The normalized spacial score (nSPS) is 13.7. The van der Waals surface area contributed by atoms with Gasteiger partial charge in [0.05, 0.1) is 11.4 Å². The van der Waals surface area contributed by atoms with E-state index >= 15 is 0 Å². The largest absolute Gasteiger partial charge is 0.323 e. The fraction of sp³-hybridized carbons (Fsp3) is 0.700. The maximum absolute atomic E-state index is 5.80. The summed E-state index contributed by atoms with van der Waals surface area (Å²) >= 11 is 0. The van der Waals surface area contributed by atoms with Gasteiger partial charge in [0.1, 0.15) is 0 Å². The summed E-state index contributed by atoms with van der Waals surface area (Å²) in [5, 5.41) is 4.41. The number of hydrogen-bond acceptors (Lipinski definition) is 2. The molecular weight excluding hydrogens is 162 g/mol. The van der Waals surface area contributed by atoms with E-state index in [-0.39, 0.29) is 6.04 Å². The second-order valence-corrected chi connectivity index (χ2v) is 4.07. The average molecular weight is 181 g/mol. The van der Waals surface area contributed by atoms with Crippen molar-refractivity contribution < 1.29 is 0 Å². The lowest BCUT2D eigenvalue weighted by atomic mass is 10.1. The van der Waals surface area contributed by atoms with Crippen LogP contribution in [0.2, 0.25) is 0 Å². The molecule has 0 aliphatic heterocycles. The maximum atomic E-state index is 5.80. The van der Waals surface area contributed by atoms with Gasteiger partial charge in [-0.15, -0.1) is 0 Å². The number of aromatic nitrogens is 2. The fourth-order valence-corrected chi connectivity index (χ4v) is 1.49. The summed E-state index contributed by atoms with van der Waals surface area (Å²) in [6, 6.07) is 2.17. The molecule has 3 heteroatoms. The molecule has 0 aliphatic rings. The molecule has 3 nitrogen and oxygen atoms in total. The first-order chi connectivity index (χ1) is 6.00. The third-order valence-corrected chi connectivity index (χ3v) is 2.05. The van der Waals surface area contributed by atoms with Gasteiger partial charge in [-0.3, -0.25) is 4.68 Å². The molecule has 0 amide bonds. The Bertz CT molecular complexity index is 274. The van der Waals surface area contributed by atoms with Crippen LogP contribution in [0.4, 0.5) is 0 Å². The Labute approximate surface area is 79.9 Å². The van der Waals surface area contributed by atoms with E-state index < -0.39 is 0 Å². The predicted octanol–water partition coefficient (Wildman–Crippen LogP) is 1.64. The Morgan fingerprint density at radius 1 is 1.46 bits per heavy atom. The summed E-state index contributed by atoms with van der Waals surface area (Å²) in [4.78, 5) is 0. The predicted molar refractivity (Wildman–Crippen MR) is 54.4 cm³/mol. The number of rotatable bonds is 3. The van der Waals surface area contributed by atoms with Gasteiger partial charge in [-0.1, -0.05) is 13.8 Å². The summed E-state index contributed by atoms with van der Waals surface area (Å²) < 4.78 is 1.88. The van der Waals surface area contributed by atoms with Crippen molar-refractivity contribution >= 4 is 0 Å². The highest BCUT2D eigenvalue weighted by Gasteiger charge is 2.09. The monoisotopic (exact) mass is 181 g/mol. The zero-order valence-corrected chi connectivity index (χ0v) is 8.91. The Morgan fingerprint density at radius 3 is 2.46 bits per heavy atom. The van der Waals surface area contributed by atoms with Gasteiger partial charge in [0.2, 0.25) is 0 Å². The minimum Gasteiger partial charge on any atom is -0.323 e. The van der Waals surface area contributed by atoms with Gasteiger partial charge in [-0.25, -0.2) is 0 Å². The van der Waals surface area contributed by atoms with Gasteiger partial charge in [-0.05, 0) is 25.3 Å². The molecule has 1 heterocycles. The molecule has 0 aliphatic carbocycles. The molecule has 0 saturated heterocycles. The third-order valence-electron chi connectivity index (χ3n) is 2.05. The van der Waals surface area contributed by atoms with Crippen LogP contribution < -0.4 is 5.73 Å². The van der Waals surface area contributed by atoms with Crippen LogP contribution in [0.15, 0.2) is 6.07 Å². The number of hydrogen-bond donors (Lipinski definition) is 1. The number of nitrogens with zero attached hydrogens (tertiary/aromatic N) is 2. The van der Waals surface area contributed by atoms with Crippen molar-refractivity contribution in [2.24, 2.45) is 18.7 Å². The first-order valence-electron chi connectivity index (χ1n) is 4.79. The summed E-state index contributed by atoms with van der Waals surface area (Å²) in [5.41, 5.74) is 8.05. The molecule has 0 bridgehead atoms. The van der Waals surface area contributed by atoms with Crippen LogP contribution in [-0.4, -0.2) is 9.78 Å². The van der Waals surface area contributed by atoms with Gasteiger partial charge in [0, 0.05) is 13.1 Å². The molecular formula is C10H19N3. The van der Waals surface area contributed by atoms with Crippen molar-refractivity contribution in [2.75, 3.05) is 0 Å². The van der Waals surface area contributed by atoms with Crippen LogP contribution in [0.1, 0.15) is 38.2 Å². The smallest absolute Gasteiger partial charge is 0.0630 e. The van der Waals surface area contributed by atoms with Gasteiger partial charge >= 0.3 is 0 Å². The molecule has 0 aromatic carbocycles. The van der Waals surface area contributed by atoms with E-state index in [0.717, 1.165) is 17.8 Å². The molecule has 13 heavy (non-hydrogen) atoms. The van der Waals surface area contributed by atoms with Crippen molar-refractivity contribution in [1.29, 1.82) is 0 Å². The van der Waals surface area contributed by atoms with E-state index in [1.54, 1.807) is 0 Å². The summed E-state index contributed by atoms with van der Waals surface area (Å²) in [6.07, 6.45) is 1.03. The highest BCUT2D eigenvalue weighted by Crippen LogP contribution is 2.13. The zero-order chi connectivity index (χ0) is 10.0. The number of nitrogens with two attached hydrogens (primary N) is 1. The fourth-order valence-electron chi connectivity index (χ4n) is 1.49. The Morgan fingerprint density at radius 2 is 2.08 bits per heavy atom. The zero-order valence-electron chi connectivity index (χ0n) is 8.91. The highest BCUT2D eigenvalue weighted by atomic mass is 15.3. The first kappa shape index (κ1) is 10.3. The third kappa shape index (κ3) is 2.56. The second-order valence-electron chi connectivity index (χ2n) is 4.07. The van der Waals surface area contributed by atoms with Crippen molar-refractivity contribution in [1.82, 2.24) is 9.78 Å². The van der Waals surface area contributed by atoms with E-state index in [2.05, 4.69) is 25.0 Å². The van der Waals surface area contributed by atoms with Crippen LogP contribution in [0.25, 0.3) is 0 Å². The standard InChI is InChI=1S/C10H19N3/c1-7(2)5-9-6-10(8(3)11)13(4)12-9/h6-8H,5,11H2,1-4H3/t8-/m1/s1. The van der Waals surface area contributed by atoms with Gasteiger partial charge in [0.15, 0.2) is 0 Å². The maximum Gasteiger partial charge on any atom is 0.0630 e. The molecule has 1 aromatic heterocycles. The van der Waals surface area contributed by atoms with Crippen molar-refractivity contribution in [3.05, 3.63) is 17.5 Å². The second kappa shape index (κ2) is 3.92. The Hall–Kier alpha value is -0.830. The van der Waals surface area contributed by atoms with E-state index in [9.17, 15) is 0 Å². The SMILES string of the molecule is CC(C)Cc1cc([C@@H](C)N)n(C)n1. The molecule has 0 fully saturated rings. The molecule has 0 saturated carbocycles. The topological polar surface area (TPSA) is 43.8 Å². The molecule has 2 N–H and O–H groups in total. The van der Waals surface area contributed by atoms with Gasteiger partial charge in [-0.2, -0.15) is 5.10 Å². The molecule has 1 aromatic rings. The van der Waals surface area contributed by atoms with Crippen molar-refractivity contribution in [3.8, 4) is 0 Å². The van der Waals surface area contributed by atoms with Crippen LogP contribution in [0.5, 0.6) is 0 Å². The Kier molecular flexibility index (Phi) is 3.09. The van der Waals surface area contributed by atoms with E-state index in [0.29, 0.717) is 5.92 Å². The lowest BCUT2D eigenvalue weighted by Crippen LogP contribution is -2.10. The Balaban J connectivity index is 2.82. The molecule has 0 radical (unpaired) electrons. The van der Waals surface area contributed by atoms with Crippen LogP contribution in [0, 0.1) is 5.92 Å². The minimum atomic E-state index is 0.0680. The lowest BCUT2D eigenvalue weighted by molar-refractivity contribution is 0.609. The van der Waals surface area contributed by atoms with Gasteiger partial charge in [0.25, 0.3) is 0 Å².